The zero-order chi connectivity index (χ0) is 22.4. The Balaban J connectivity index is 2.21. The van der Waals surface area contributed by atoms with Gasteiger partial charge in [0.05, 0.1) is 49.4 Å². The van der Waals surface area contributed by atoms with Crippen molar-refractivity contribution in [3.05, 3.63) is 42.2 Å². The van der Waals surface area contributed by atoms with Crippen molar-refractivity contribution in [2.24, 2.45) is 0 Å². The molecule has 0 aliphatic carbocycles. The summed E-state index contributed by atoms with van der Waals surface area (Å²) in [6.45, 7) is 1.07. The van der Waals surface area contributed by atoms with Crippen LogP contribution in [-0.2, 0) is 10.8 Å². The third-order valence-corrected chi connectivity index (χ3v) is 9.05. The van der Waals surface area contributed by atoms with E-state index in [4.69, 9.17) is 9.47 Å². The number of hydrogen-bond donors (Lipinski definition) is 0. The van der Waals surface area contributed by atoms with Gasteiger partial charge in [-0.05, 0) is 88.0 Å². The van der Waals surface area contributed by atoms with Crippen molar-refractivity contribution in [2.45, 2.75) is 30.1 Å². The summed E-state index contributed by atoms with van der Waals surface area (Å²) in [5.41, 5.74) is 0. The molecule has 3 nitrogen and oxygen atoms in total. The van der Waals surface area contributed by atoms with Crippen molar-refractivity contribution in [1.29, 1.82) is 0 Å². The SMILES string of the molecule is O=S(c1cc(Br)c(OCCC(Br)Br)c(Br)c1)c1cc(Br)c(OCCC(Br)Br)c(Br)c1. The van der Waals surface area contributed by atoms with E-state index in [0.717, 1.165) is 30.7 Å². The van der Waals surface area contributed by atoms with Crippen LogP contribution in [0.2, 0.25) is 0 Å². The third kappa shape index (κ3) is 8.67. The molecule has 0 unspecified atom stereocenters. The van der Waals surface area contributed by atoms with Crippen molar-refractivity contribution < 1.29 is 13.7 Å². The van der Waals surface area contributed by atoms with Gasteiger partial charge in [0.15, 0.2) is 0 Å². The lowest BCUT2D eigenvalue weighted by Gasteiger charge is -2.14. The molecule has 0 aromatic heterocycles. The highest BCUT2D eigenvalue weighted by Crippen LogP contribution is 2.40. The molecule has 0 heterocycles. The summed E-state index contributed by atoms with van der Waals surface area (Å²) in [6.07, 6.45) is 1.60. The van der Waals surface area contributed by atoms with E-state index in [0.29, 0.717) is 34.5 Å². The van der Waals surface area contributed by atoms with Gasteiger partial charge in [0.2, 0.25) is 0 Å². The highest BCUT2D eigenvalue weighted by molar-refractivity contribution is 9.25. The van der Waals surface area contributed by atoms with Crippen LogP contribution in [0.15, 0.2) is 51.9 Å². The average Bonchev–Trinajstić information content (AvgIpc) is 2.64. The largest absolute Gasteiger partial charge is 0.491 e. The van der Waals surface area contributed by atoms with Gasteiger partial charge in [0, 0.05) is 22.6 Å². The smallest absolute Gasteiger partial charge is 0.147 e. The van der Waals surface area contributed by atoms with Gasteiger partial charge in [-0.3, -0.25) is 0 Å². The molecule has 2 aromatic carbocycles. The maximum atomic E-state index is 13.2. The summed E-state index contributed by atoms with van der Waals surface area (Å²) in [4.78, 5) is 1.29. The van der Waals surface area contributed by atoms with Crippen LogP contribution in [0, 0.1) is 0 Å². The minimum Gasteiger partial charge on any atom is -0.491 e. The highest BCUT2D eigenvalue weighted by atomic mass is 79.9. The Morgan fingerprint density at radius 2 is 0.967 bits per heavy atom. The Morgan fingerprint density at radius 3 is 1.23 bits per heavy atom. The molecule has 166 valence electrons. The second-order valence-electron chi connectivity index (χ2n) is 5.76. The van der Waals surface area contributed by atoms with Crippen LogP contribution in [0.25, 0.3) is 0 Å². The van der Waals surface area contributed by atoms with E-state index in [-0.39, 0.29) is 7.47 Å². The predicted octanol–water partition coefficient (Wildman–Crippen LogP) is 9.67. The molecule has 0 saturated carbocycles. The molecule has 0 spiro atoms. The van der Waals surface area contributed by atoms with Crippen LogP contribution in [0.5, 0.6) is 11.5 Å². The second-order valence-corrected chi connectivity index (χ2v) is 17.5. The highest BCUT2D eigenvalue weighted by Gasteiger charge is 2.18. The van der Waals surface area contributed by atoms with E-state index in [1.54, 1.807) is 0 Å². The lowest BCUT2D eigenvalue weighted by Crippen LogP contribution is -2.04. The first-order valence-electron chi connectivity index (χ1n) is 8.32. The maximum absolute atomic E-state index is 13.2. The quantitative estimate of drug-likeness (QED) is 0.223. The molecule has 2 aromatic rings. The Hall–Kier alpha value is 2.03. The molecule has 0 N–H and O–H groups in total. The van der Waals surface area contributed by atoms with Gasteiger partial charge in [0.25, 0.3) is 0 Å². The van der Waals surface area contributed by atoms with Gasteiger partial charge in [-0.15, -0.1) is 0 Å². The van der Waals surface area contributed by atoms with Crippen LogP contribution in [0.4, 0.5) is 0 Å². The molecular formula is C18H14Br8O3S. The molecule has 0 amide bonds. The van der Waals surface area contributed by atoms with E-state index in [1.807, 2.05) is 24.3 Å². The number of rotatable bonds is 10. The van der Waals surface area contributed by atoms with Gasteiger partial charge in [0.1, 0.15) is 11.5 Å². The summed E-state index contributed by atoms with van der Waals surface area (Å²) >= 11 is 27.8. The monoisotopic (exact) mass is 941 g/mol. The molecule has 0 aliphatic heterocycles. The zero-order valence-electron chi connectivity index (χ0n) is 14.9. The third-order valence-electron chi connectivity index (χ3n) is 3.54. The van der Waals surface area contributed by atoms with Crippen molar-refractivity contribution in [2.75, 3.05) is 13.2 Å². The fourth-order valence-corrected chi connectivity index (χ4v) is 7.56. The Morgan fingerprint density at radius 1 is 0.667 bits per heavy atom. The molecular weight excluding hydrogens is 935 g/mol. The lowest BCUT2D eigenvalue weighted by atomic mass is 10.3. The molecule has 0 radical (unpaired) electrons. The van der Waals surface area contributed by atoms with E-state index in [1.165, 1.54) is 0 Å². The van der Waals surface area contributed by atoms with Crippen molar-refractivity contribution in [3.8, 4) is 11.5 Å². The number of ether oxygens (including phenoxy) is 2. The topological polar surface area (TPSA) is 35.5 Å². The molecule has 0 atom stereocenters. The summed E-state index contributed by atoms with van der Waals surface area (Å²) in [7, 11) is -1.39. The molecule has 0 aliphatic rings. The summed E-state index contributed by atoms with van der Waals surface area (Å²) in [5.74, 6) is 1.36. The molecule has 0 fully saturated rings. The van der Waals surface area contributed by atoms with Crippen molar-refractivity contribution in [3.63, 3.8) is 0 Å². The summed E-state index contributed by atoms with van der Waals surface area (Å²) < 4.78 is 28.2. The maximum Gasteiger partial charge on any atom is 0.147 e. The average molecular weight is 950 g/mol. The number of alkyl halides is 4. The van der Waals surface area contributed by atoms with Crippen molar-refractivity contribution >= 4 is 138 Å². The molecule has 30 heavy (non-hydrogen) atoms. The molecule has 12 heteroatoms. The molecule has 2 rings (SSSR count). The van der Waals surface area contributed by atoms with Crippen LogP contribution >= 0.6 is 127 Å². The summed E-state index contributed by atoms with van der Waals surface area (Å²) in [5, 5.41) is 0. The Labute approximate surface area is 245 Å². The predicted molar refractivity (Wildman–Crippen MR) is 152 cm³/mol. The standard InChI is InChI=1S/C18H14Br8O3S/c19-11-5-9(6-12(20)17(11)28-3-1-15(23)24)30(27)10-7-13(21)18(14(22)8-10)29-4-2-16(25)26/h5-8,15-16H,1-4H2. The fraction of sp³-hybridized carbons (Fsp3) is 0.333. The first-order chi connectivity index (χ1) is 14.1. The van der Waals surface area contributed by atoms with Crippen LogP contribution in [0.1, 0.15) is 12.8 Å². The first-order valence-corrected chi connectivity index (χ1v) is 16.3. The second kappa shape index (κ2) is 13.8. The van der Waals surface area contributed by atoms with Crippen LogP contribution < -0.4 is 9.47 Å². The van der Waals surface area contributed by atoms with Crippen LogP contribution in [-0.4, -0.2) is 24.9 Å². The fourth-order valence-electron chi connectivity index (χ4n) is 2.20. The Bertz CT molecular complexity index is 789. The van der Waals surface area contributed by atoms with Gasteiger partial charge in [-0.2, -0.15) is 0 Å². The van der Waals surface area contributed by atoms with Crippen LogP contribution in [0.3, 0.4) is 0 Å². The zero-order valence-corrected chi connectivity index (χ0v) is 28.5. The van der Waals surface area contributed by atoms with Gasteiger partial charge >= 0.3 is 0 Å². The lowest BCUT2D eigenvalue weighted by molar-refractivity contribution is 0.313. The first kappa shape index (κ1) is 28.3. The molecule has 0 saturated heterocycles. The van der Waals surface area contributed by atoms with Gasteiger partial charge < -0.3 is 9.47 Å². The number of halogens is 8. The molecule has 0 bridgehead atoms. The minimum atomic E-state index is -1.39. The number of hydrogen-bond acceptors (Lipinski definition) is 3. The minimum absolute atomic E-state index is 0.193. The number of benzene rings is 2. The van der Waals surface area contributed by atoms with E-state index in [2.05, 4.69) is 127 Å². The normalized spacial score (nSPS) is 11.6. The van der Waals surface area contributed by atoms with E-state index < -0.39 is 10.8 Å². The van der Waals surface area contributed by atoms with E-state index in [9.17, 15) is 4.21 Å². The Kier molecular flexibility index (Phi) is 13.0. The van der Waals surface area contributed by atoms with E-state index >= 15 is 0 Å². The summed E-state index contributed by atoms with van der Waals surface area (Å²) in [6, 6.07) is 7.26. The van der Waals surface area contributed by atoms with Gasteiger partial charge in [-0.25, -0.2) is 4.21 Å². The van der Waals surface area contributed by atoms with Crippen molar-refractivity contribution in [1.82, 2.24) is 0 Å². The van der Waals surface area contributed by atoms with Gasteiger partial charge in [-0.1, -0.05) is 63.7 Å².